The van der Waals surface area contributed by atoms with Crippen LogP contribution >= 0.6 is 0 Å². The molecule has 3 aliphatic rings. The second kappa shape index (κ2) is 7.39. The second-order valence-corrected chi connectivity index (χ2v) is 7.16. The minimum absolute atomic E-state index is 0.0967. The van der Waals surface area contributed by atoms with Crippen LogP contribution in [0.3, 0.4) is 0 Å². The average molecular weight is 507 g/mol. The molecule has 3 heterocycles. The van der Waals surface area contributed by atoms with Gasteiger partial charge in [-0.05, 0) is 6.07 Å². The summed E-state index contributed by atoms with van der Waals surface area (Å²) < 4.78 is 148. The van der Waals surface area contributed by atoms with Crippen LogP contribution in [0.5, 0.6) is 6.01 Å². The van der Waals surface area contributed by atoms with Crippen molar-refractivity contribution in [2.24, 2.45) is 0 Å². The zero-order valence-corrected chi connectivity index (χ0v) is 15.5. The van der Waals surface area contributed by atoms with Gasteiger partial charge in [0.05, 0.1) is 6.61 Å². The van der Waals surface area contributed by atoms with Crippen molar-refractivity contribution in [1.29, 1.82) is 5.41 Å². The fourth-order valence-corrected chi connectivity index (χ4v) is 3.20. The standard InChI is InChI=1S/C9H11N3O4.C6HF11/c10-5-1-2-12-8-7(16-9(12)11-5)6(14)4(3-13)15-8;7-1-2(8,9)4(12,13)6(16,17)5(14,15)3(1,10)11/h1-2,4,6-8,10,13-14H,3H2;1H/t4-,6-,7+,8-;/m1./s1. The molecule has 33 heavy (non-hydrogen) atoms. The van der Waals surface area contributed by atoms with Gasteiger partial charge in [0.25, 0.3) is 0 Å². The van der Waals surface area contributed by atoms with E-state index in [9.17, 15) is 53.4 Å². The number of aliphatic hydroxyl groups excluding tert-OH is 2. The maximum atomic E-state index is 12.3. The monoisotopic (exact) mass is 507 g/mol. The number of hydrogen-bond donors (Lipinski definition) is 3. The summed E-state index contributed by atoms with van der Waals surface area (Å²) in [6.07, 6.45) is -6.36. The molecule has 4 rings (SSSR count). The topological polar surface area (TPSA) is 101 Å². The molecule has 188 valence electrons. The Morgan fingerprint density at radius 2 is 1.48 bits per heavy atom. The third kappa shape index (κ3) is 3.20. The predicted octanol–water partition coefficient (Wildman–Crippen LogP) is 1.89. The zero-order valence-electron chi connectivity index (χ0n) is 15.5. The lowest BCUT2D eigenvalue weighted by Gasteiger charge is -2.46. The van der Waals surface area contributed by atoms with Crippen LogP contribution < -0.4 is 10.2 Å². The van der Waals surface area contributed by atoms with Gasteiger partial charge in [0, 0.05) is 6.20 Å². The van der Waals surface area contributed by atoms with E-state index in [0.717, 1.165) is 0 Å². The molecule has 2 fully saturated rings. The average Bonchev–Trinajstić information content (AvgIpc) is 3.21. The summed E-state index contributed by atoms with van der Waals surface area (Å²) in [6, 6.07) is 1.77. The summed E-state index contributed by atoms with van der Waals surface area (Å²) in [5.74, 6) is -34.2. The molecule has 2 aliphatic heterocycles. The van der Waals surface area contributed by atoms with E-state index in [1.807, 2.05) is 0 Å². The summed E-state index contributed by atoms with van der Waals surface area (Å²) in [6.45, 7) is -0.253. The van der Waals surface area contributed by atoms with Crippen LogP contribution in [0.25, 0.3) is 0 Å². The Morgan fingerprint density at radius 3 is 1.97 bits per heavy atom. The van der Waals surface area contributed by atoms with Crippen LogP contribution in [0.1, 0.15) is 6.23 Å². The Kier molecular flexibility index (Phi) is 5.69. The molecule has 0 amide bonds. The van der Waals surface area contributed by atoms with E-state index in [1.165, 1.54) is 6.07 Å². The molecule has 1 saturated carbocycles. The first kappa shape index (κ1) is 25.4. The van der Waals surface area contributed by atoms with Gasteiger partial charge in [-0.15, -0.1) is 0 Å². The molecule has 0 spiro atoms. The van der Waals surface area contributed by atoms with Gasteiger partial charge in [-0.3, -0.25) is 9.98 Å². The lowest BCUT2D eigenvalue weighted by Crippen LogP contribution is -2.78. The molecular weight excluding hydrogens is 495 g/mol. The van der Waals surface area contributed by atoms with Gasteiger partial charge in [-0.25, -0.2) is 4.39 Å². The number of hydrogen-bond acceptors (Lipinski definition) is 6. The molecular formula is C15H12F11N3O4. The number of rotatable bonds is 1. The Labute approximate surface area is 174 Å². The van der Waals surface area contributed by atoms with Crippen LogP contribution in [0.4, 0.5) is 48.3 Å². The number of halogens is 11. The lowest BCUT2D eigenvalue weighted by atomic mass is 9.81. The first-order chi connectivity index (χ1) is 14.9. The van der Waals surface area contributed by atoms with E-state index in [0.29, 0.717) is 0 Å². The second-order valence-electron chi connectivity index (χ2n) is 7.16. The molecule has 1 aromatic heterocycles. The number of fused-ring (bicyclic) bond motifs is 3. The molecule has 0 unspecified atom stereocenters. The van der Waals surface area contributed by atoms with Crippen molar-refractivity contribution in [3.8, 4) is 6.01 Å². The first-order valence-electron chi connectivity index (χ1n) is 8.64. The van der Waals surface area contributed by atoms with Gasteiger partial charge in [-0.2, -0.15) is 48.9 Å². The fourth-order valence-electron chi connectivity index (χ4n) is 3.20. The van der Waals surface area contributed by atoms with Gasteiger partial charge in [-0.1, -0.05) is 0 Å². The van der Waals surface area contributed by atoms with Crippen LogP contribution in [-0.4, -0.2) is 80.5 Å². The molecule has 0 radical (unpaired) electrons. The minimum Gasteiger partial charge on any atom is -0.454 e. The Hall–Kier alpha value is -2.21. The van der Waals surface area contributed by atoms with Crippen molar-refractivity contribution < 1.29 is 68.0 Å². The predicted molar refractivity (Wildman–Crippen MR) is 79.1 cm³/mol. The fraction of sp³-hybridized carbons (Fsp3) is 0.733. The highest BCUT2D eigenvalue weighted by molar-refractivity contribution is 5.19. The zero-order chi connectivity index (χ0) is 25.4. The maximum absolute atomic E-state index is 12.3. The first-order valence-corrected chi connectivity index (χ1v) is 8.64. The number of aromatic nitrogens is 2. The number of alkyl halides is 11. The van der Waals surface area contributed by atoms with Gasteiger partial charge in [0.1, 0.15) is 12.2 Å². The summed E-state index contributed by atoms with van der Waals surface area (Å²) in [4.78, 5) is 3.88. The molecule has 1 aromatic rings. The highest BCUT2D eigenvalue weighted by atomic mass is 19.4. The van der Waals surface area contributed by atoms with Crippen molar-refractivity contribution in [2.45, 2.75) is 60.3 Å². The molecule has 3 N–H and O–H groups in total. The largest absolute Gasteiger partial charge is 0.454 e. The lowest BCUT2D eigenvalue weighted by molar-refractivity contribution is -0.461. The van der Waals surface area contributed by atoms with Gasteiger partial charge < -0.3 is 19.7 Å². The van der Waals surface area contributed by atoms with Crippen LogP contribution in [0.15, 0.2) is 12.3 Å². The third-order valence-electron chi connectivity index (χ3n) is 5.10. The van der Waals surface area contributed by atoms with E-state index in [4.69, 9.17) is 20.0 Å². The highest BCUT2D eigenvalue weighted by Crippen LogP contribution is 2.65. The summed E-state index contributed by atoms with van der Waals surface area (Å²) in [5, 5.41) is 26.1. The molecule has 1 saturated heterocycles. The van der Waals surface area contributed by atoms with Gasteiger partial charge >= 0.3 is 35.6 Å². The Morgan fingerprint density at radius 1 is 0.970 bits per heavy atom. The molecule has 4 atom stereocenters. The Balaban J connectivity index is 0.000000186. The molecule has 0 aromatic carbocycles. The van der Waals surface area contributed by atoms with E-state index in [-0.39, 0.29) is 18.1 Å². The molecule has 18 heteroatoms. The van der Waals surface area contributed by atoms with Gasteiger partial charge in [0.2, 0.25) is 6.17 Å². The molecule has 0 bridgehead atoms. The summed E-state index contributed by atoms with van der Waals surface area (Å²) in [7, 11) is 0. The van der Waals surface area contributed by atoms with Crippen LogP contribution in [0.2, 0.25) is 0 Å². The maximum Gasteiger partial charge on any atom is 0.384 e. The van der Waals surface area contributed by atoms with E-state index in [2.05, 4.69) is 4.98 Å². The minimum atomic E-state index is -7.09. The quantitative estimate of drug-likeness (QED) is 0.505. The van der Waals surface area contributed by atoms with Crippen molar-refractivity contribution in [3.05, 3.63) is 17.8 Å². The van der Waals surface area contributed by atoms with Crippen molar-refractivity contribution in [2.75, 3.05) is 6.61 Å². The number of nitrogens with zero attached hydrogens (tertiary/aromatic N) is 2. The number of ether oxygens (including phenoxy) is 2. The van der Waals surface area contributed by atoms with Crippen LogP contribution in [-0.2, 0) is 4.74 Å². The van der Waals surface area contributed by atoms with Crippen LogP contribution in [0, 0.1) is 5.41 Å². The van der Waals surface area contributed by atoms with Gasteiger partial charge in [0.15, 0.2) is 17.8 Å². The summed E-state index contributed by atoms with van der Waals surface area (Å²) in [5.41, 5.74) is 0.0967. The number of aliphatic hydroxyl groups is 2. The molecule has 7 nitrogen and oxygen atoms in total. The molecule has 1 aliphatic carbocycles. The normalized spacial score (nSPS) is 34.5. The van der Waals surface area contributed by atoms with E-state index < -0.39 is 60.3 Å². The Bertz CT molecular complexity index is 943. The van der Waals surface area contributed by atoms with E-state index >= 15 is 0 Å². The third-order valence-corrected chi connectivity index (χ3v) is 5.10. The van der Waals surface area contributed by atoms with E-state index in [1.54, 1.807) is 10.8 Å². The number of nitrogens with one attached hydrogen (secondary N) is 1. The van der Waals surface area contributed by atoms with Crippen molar-refractivity contribution in [3.63, 3.8) is 0 Å². The van der Waals surface area contributed by atoms with Crippen molar-refractivity contribution >= 4 is 0 Å². The summed E-state index contributed by atoms with van der Waals surface area (Å²) >= 11 is 0. The van der Waals surface area contributed by atoms with Crippen molar-refractivity contribution in [1.82, 2.24) is 9.55 Å². The smallest absolute Gasteiger partial charge is 0.384 e. The SMILES string of the molecule is FC1C(F)(F)C(F)(F)C(F)(F)C(F)(F)C1(F)F.N=c1ccn2c(n1)O[C@H]1[C@H](O)[C@@H](CO)O[C@H]12. The highest BCUT2D eigenvalue weighted by Gasteiger charge is 2.96.